The molecule has 100 valence electrons. The second kappa shape index (κ2) is 6.36. The summed E-state index contributed by atoms with van der Waals surface area (Å²) in [7, 11) is 1.88. The highest BCUT2D eigenvalue weighted by atomic mass is 16.5. The molecule has 17 heavy (non-hydrogen) atoms. The fraction of sp³-hybridized carbons (Fsp3) is 0.923. The van der Waals surface area contributed by atoms with Gasteiger partial charge in [0.05, 0.1) is 19.1 Å². The van der Waals surface area contributed by atoms with Crippen LogP contribution in [0.4, 0.5) is 0 Å². The van der Waals surface area contributed by atoms with Gasteiger partial charge in [-0.3, -0.25) is 4.79 Å². The predicted molar refractivity (Wildman–Crippen MR) is 68.9 cm³/mol. The van der Waals surface area contributed by atoms with Crippen LogP contribution in [-0.4, -0.2) is 50.2 Å². The minimum absolute atomic E-state index is 0.0494. The fourth-order valence-electron chi connectivity index (χ4n) is 1.73. The standard InChI is InChI=1S/C13H26N2O2/c1-13(2,3)5-7-15(4)12(16)9-11-10-14-6-8-17-11/h11,14H,5-10H2,1-4H3. The van der Waals surface area contributed by atoms with Gasteiger partial charge in [-0.25, -0.2) is 0 Å². The van der Waals surface area contributed by atoms with E-state index in [0.29, 0.717) is 13.0 Å². The van der Waals surface area contributed by atoms with Gasteiger partial charge >= 0.3 is 0 Å². The summed E-state index contributed by atoms with van der Waals surface area (Å²) in [5.41, 5.74) is 0.275. The molecule has 1 unspecified atom stereocenters. The molecule has 0 spiro atoms. The average molecular weight is 242 g/mol. The van der Waals surface area contributed by atoms with Crippen molar-refractivity contribution in [1.29, 1.82) is 0 Å². The smallest absolute Gasteiger partial charge is 0.224 e. The molecule has 0 saturated carbocycles. The van der Waals surface area contributed by atoms with E-state index in [-0.39, 0.29) is 17.4 Å². The van der Waals surface area contributed by atoms with E-state index >= 15 is 0 Å². The number of nitrogens with zero attached hydrogens (tertiary/aromatic N) is 1. The average Bonchev–Trinajstić information content (AvgIpc) is 2.26. The number of nitrogens with one attached hydrogen (secondary N) is 1. The molecule has 4 heteroatoms. The molecular weight excluding hydrogens is 216 g/mol. The van der Waals surface area contributed by atoms with E-state index in [1.54, 1.807) is 0 Å². The van der Waals surface area contributed by atoms with Crippen LogP contribution < -0.4 is 5.32 Å². The van der Waals surface area contributed by atoms with Crippen molar-refractivity contribution in [2.24, 2.45) is 5.41 Å². The lowest BCUT2D eigenvalue weighted by Gasteiger charge is -2.27. The second-order valence-corrected chi connectivity index (χ2v) is 6.03. The maximum atomic E-state index is 11.9. The molecule has 1 aliphatic rings. The number of ether oxygens (including phenoxy) is 1. The molecule has 0 aliphatic carbocycles. The summed E-state index contributed by atoms with van der Waals surface area (Å²) < 4.78 is 5.53. The van der Waals surface area contributed by atoms with E-state index in [9.17, 15) is 4.79 Å². The Kier molecular flexibility index (Phi) is 5.40. The van der Waals surface area contributed by atoms with Crippen LogP contribution in [0.15, 0.2) is 0 Å². The van der Waals surface area contributed by atoms with Crippen LogP contribution in [0, 0.1) is 5.41 Å². The lowest BCUT2D eigenvalue weighted by molar-refractivity contribution is -0.133. The van der Waals surface area contributed by atoms with Crippen LogP contribution in [-0.2, 0) is 9.53 Å². The molecular formula is C13H26N2O2. The first-order valence-corrected chi connectivity index (χ1v) is 6.45. The number of hydrogen-bond donors (Lipinski definition) is 1. The zero-order valence-electron chi connectivity index (χ0n) is 11.6. The Bertz CT molecular complexity index is 242. The lowest BCUT2D eigenvalue weighted by Crippen LogP contribution is -2.42. The highest BCUT2D eigenvalue weighted by molar-refractivity contribution is 5.76. The SMILES string of the molecule is CN(CCC(C)(C)C)C(=O)CC1CNCCO1. The van der Waals surface area contributed by atoms with Crippen LogP contribution in [0.25, 0.3) is 0 Å². The maximum Gasteiger partial charge on any atom is 0.224 e. The van der Waals surface area contributed by atoms with Crippen molar-refractivity contribution in [3.05, 3.63) is 0 Å². The molecule has 1 amide bonds. The van der Waals surface area contributed by atoms with Crippen LogP contribution in [0.1, 0.15) is 33.6 Å². The van der Waals surface area contributed by atoms with Crippen LogP contribution in [0.3, 0.4) is 0 Å². The zero-order valence-corrected chi connectivity index (χ0v) is 11.6. The Morgan fingerprint density at radius 3 is 2.71 bits per heavy atom. The molecule has 0 aromatic heterocycles. The van der Waals surface area contributed by atoms with E-state index in [1.807, 2.05) is 11.9 Å². The van der Waals surface area contributed by atoms with Gasteiger partial charge in [0.2, 0.25) is 5.91 Å². The third kappa shape index (κ3) is 6.03. The molecule has 0 aromatic rings. The Hall–Kier alpha value is -0.610. The van der Waals surface area contributed by atoms with Gasteiger partial charge < -0.3 is 15.0 Å². The largest absolute Gasteiger partial charge is 0.375 e. The second-order valence-electron chi connectivity index (χ2n) is 6.03. The van der Waals surface area contributed by atoms with Crippen molar-refractivity contribution in [1.82, 2.24) is 10.2 Å². The topological polar surface area (TPSA) is 41.6 Å². The van der Waals surface area contributed by atoms with E-state index in [2.05, 4.69) is 26.1 Å². The van der Waals surface area contributed by atoms with Crippen molar-refractivity contribution in [2.75, 3.05) is 33.3 Å². The van der Waals surface area contributed by atoms with Gasteiger partial charge in [-0.15, -0.1) is 0 Å². The number of amides is 1. The molecule has 0 radical (unpaired) electrons. The van der Waals surface area contributed by atoms with Gasteiger partial charge in [0, 0.05) is 26.7 Å². The molecule has 1 rings (SSSR count). The predicted octanol–water partition coefficient (Wildman–Crippen LogP) is 1.26. The van der Waals surface area contributed by atoms with Crippen molar-refractivity contribution in [3.8, 4) is 0 Å². The summed E-state index contributed by atoms with van der Waals surface area (Å²) in [5.74, 6) is 0.183. The van der Waals surface area contributed by atoms with Crippen LogP contribution >= 0.6 is 0 Å². The normalized spacial score (nSPS) is 21.3. The van der Waals surface area contributed by atoms with E-state index in [1.165, 1.54) is 0 Å². The summed E-state index contributed by atoms with van der Waals surface area (Å²) in [4.78, 5) is 13.8. The Labute approximate surface area is 105 Å². The van der Waals surface area contributed by atoms with Gasteiger partial charge in [0.15, 0.2) is 0 Å². The Balaban J connectivity index is 2.26. The summed E-state index contributed by atoms with van der Waals surface area (Å²) in [5, 5.41) is 3.24. The summed E-state index contributed by atoms with van der Waals surface area (Å²) >= 11 is 0. The molecule has 1 fully saturated rings. The van der Waals surface area contributed by atoms with E-state index in [4.69, 9.17) is 4.74 Å². The molecule has 1 atom stereocenters. The van der Waals surface area contributed by atoms with Crippen molar-refractivity contribution in [2.45, 2.75) is 39.7 Å². The fourth-order valence-corrected chi connectivity index (χ4v) is 1.73. The first-order valence-electron chi connectivity index (χ1n) is 6.45. The number of carbonyl (C=O) groups is 1. The van der Waals surface area contributed by atoms with Crippen molar-refractivity contribution < 1.29 is 9.53 Å². The van der Waals surface area contributed by atoms with Crippen molar-refractivity contribution in [3.63, 3.8) is 0 Å². The molecule has 0 bridgehead atoms. The van der Waals surface area contributed by atoms with Crippen LogP contribution in [0.2, 0.25) is 0 Å². The molecule has 1 heterocycles. The maximum absolute atomic E-state index is 11.9. The number of carbonyl (C=O) groups excluding carboxylic acids is 1. The van der Waals surface area contributed by atoms with E-state index < -0.39 is 0 Å². The molecule has 0 aromatic carbocycles. The monoisotopic (exact) mass is 242 g/mol. The lowest BCUT2D eigenvalue weighted by atomic mass is 9.92. The highest BCUT2D eigenvalue weighted by Crippen LogP contribution is 2.18. The Morgan fingerprint density at radius 2 is 2.18 bits per heavy atom. The van der Waals surface area contributed by atoms with Crippen molar-refractivity contribution >= 4 is 5.91 Å². The quantitative estimate of drug-likeness (QED) is 0.807. The summed E-state index contributed by atoms with van der Waals surface area (Å²) in [6, 6.07) is 0. The van der Waals surface area contributed by atoms with Gasteiger partial charge in [0.25, 0.3) is 0 Å². The van der Waals surface area contributed by atoms with E-state index in [0.717, 1.165) is 26.1 Å². The Morgan fingerprint density at radius 1 is 1.47 bits per heavy atom. The van der Waals surface area contributed by atoms with Gasteiger partial charge in [-0.05, 0) is 11.8 Å². The third-order valence-corrected chi connectivity index (χ3v) is 3.03. The minimum atomic E-state index is 0.0494. The zero-order chi connectivity index (χ0) is 12.9. The molecule has 1 saturated heterocycles. The van der Waals surface area contributed by atoms with Crippen LogP contribution in [0.5, 0.6) is 0 Å². The highest BCUT2D eigenvalue weighted by Gasteiger charge is 2.20. The third-order valence-electron chi connectivity index (χ3n) is 3.03. The molecule has 1 aliphatic heterocycles. The van der Waals surface area contributed by atoms with Gasteiger partial charge in [-0.2, -0.15) is 0 Å². The molecule has 1 N–H and O–H groups in total. The summed E-state index contributed by atoms with van der Waals surface area (Å²) in [6.45, 7) is 9.80. The number of hydrogen-bond acceptors (Lipinski definition) is 3. The van der Waals surface area contributed by atoms with Gasteiger partial charge in [-0.1, -0.05) is 20.8 Å². The number of morpholine rings is 1. The summed E-state index contributed by atoms with van der Waals surface area (Å²) in [6.07, 6.45) is 1.57. The van der Waals surface area contributed by atoms with Gasteiger partial charge in [0.1, 0.15) is 0 Å². The number of rotatable bonds is 4. The molecule has 4 nitrogen and oxygen atoms in total. The minimum Gasteiger partial charge on any atom is -0.375 e. The first-order chi connectivity index (χ1) is 7.88. The first kappa shape index (κ1) is 14.5.